The standard InChI is InChI=1S/C14H17N3/c1-2-15-12-6-8-13(9-7-12)17-11-14-5-3-4-10-16-14/h3-10,15,17H,2,11H2,1H3. The molecule has 0 saturated carbocycles. The lowest BCUT2D eigenvalue weighted by Crippen LogP contribution is -2.01. The van der Waals surface area contributed by atoms with E-state index < -0.39 is 0 Å². The monoisotopic (exact) mass is 227 g/mol. The maximum atomic E-state index is 4.27. The number of rotatable bonds is 5. The van der Waals surface area contributed by atoms with Crippen LogP contribution in [-0.2, 0) is 6.54 Å². The molecular weight excluding hydrogens is 210 g/mol. The quantitative estimate of drug-likeness (QED) is 0.824. The molecule has 2 N–H and O–H groups in total. The second-order valence-electron chi connectivity index (χ2n) is 3.78. The average Bonchev–Trinajstić information content (AvgIpc) is 2.40. The van der Waals surface area contributed by atoms with E-state index in [1.165, 1.54) is 0 Å². The van der Waals surface area contributed by atoms with Crippen LogP contribution in [0.5, 0.6) is 0 Å². The third-order valence-corrected chi connectivity index (χ3v) is 2.47. The number of hydrogen-bond acceptors (Lipinski definition) is 3. The van der Waals surface area contributed by atoms with Crippen LogP contribution in [0.4, 0.5) is 11.4 Å². The van der Waals surface area contributed by atoms with Gasteiger partial charge in [0.15, 0.2) is 0 Å². The summed E-state index contributed by atoms with van der Waals surface area (Å²) < 4.78 is 0. The zero-order valence-corrected chi connectivity index (χ0v) is 9.98. The van der Waals surface area contributed by atoms with Crippen LogP contribution in [0.2, 0.25) is 0 Å². The zero-order chi connectivity index (χ0) is 11.9. The third-order valence-electron chi connectivity index (χ3n) is 2.47. The van der Waals surface area contributed by atoms with Gasteiger partial charge in [-0.1, -0.05) is 6.07 Å². The van der Waals surface area contributed by atoms with Crippen molar-refractivity contribution in [2.75, 3.05) is 17.2 Å². The Morgan fingerprint density at radius 2 is 1.65 bits per heavy atom. The molecule has 2 aromatic rings. The molecule has 0 fully saturated rings. The third kappa shape index (κ3) is 3.48. The molecule has 0 unspecified atom stereocenters. The maximum absolute atomic E-state index is 4.27. The van der Waals surface area contributed by atoms with Gasteiger partial charge in [-0.2, -0.15) is 0 Å². The number of nitrogens with one attached hydrogen (secondary N) is 2. The van der Waals surface area contributed by atoms with Gasteiger partial charge in [0.2, 0.25) is 0 Å². The maximum Gasteiger partial charge on any atom is 0.0594 e. The average molecular weight is 227 g/mol. The molecule has 0 saturated heterocycles. The second-order valence-corrected chi connectivity index (χ2v) is 3.78. The van der Waals surface area contributed by atoms with Gasteiger partial charge in [-0.05, 0) is 43.3 Å². The van der Waals surface area contributed by atoms with Gasteiger partial charge in [-0.3, -0.25) is 4.98 Å². The van der Waals surface area contributed by atoms with Crippen molar-refractivity contribution in [2.24, 2.45) is 0 Å². The van der Waals surface area contributed by atoms with Crippen molar-refractivity contribution < 1.29 is 0 Å². The highest BCUT2D eigenvalue weighted by molar-refractivity contribution is 5.53. The molecule has 0 spiro atoms. The van der Waals surface area contributed by atoms with Gasteiger partial charge in [0, 0.05) is 24.1 Å². The minimum atomic E-state index is 0.751. The fraction of sp³-hybridized carbons (Fsp3) is 0.214. The Balaban J connectivity index is 1.91. The van der Waals surface area contributed by atoms with E-state index in [1.807, 2.05) is 24.4 Å². The van der Waals surface area contributed by atoms with Crippen LogP contribution >= 0.6 is 0 Å². The first-order chi connectivity index (χ1) is 8.38. The highest BCUT2D eigenvalue weighted by atomic mass is 14.9. The Hall–Kier alpha value is -2.03. The van der Waals surface area contributed by atoms with Crippen LogP contribution in [0.15, 0.2) is 48.7 Å². The predicted octanol–water partition coefficient (Wildman–Crippen LogP) is 3.13. The molecule has 2 rings (SSSR count). The van der Waals surface area contributed by atoms with Crippen LogP contribution in [0, 0.1) is 0 Å². The Morgan fingerprint density at radius 1 is 0.941 bits per heavy atom. The number of hydrogen-bond donors (Lipinski definition) is 2. The van der Waals surface area contributed by atoms with Crippen LogP contribution in [-0.4, -0.2) is 11.5 Å². The molecule has 1 heterocycles. The Morgan fingerprint density at radius 3 is 2.24 bits per heavy atom. The number of anilines is 2. The van der Waals surface area contributed by atoms with Crippen molar-refractivity contribution >= 4 is 11.4 Å². The first-order valence-electron chi connectivity index (χ1n) is 5.86. The predicted molar refractivity (Wildman–Crippen MR) is 72.2 cm³/mol. The van der Waals surface area contributed by atoms with Crippen molar-refractivity contribution in [3.8, 4) is 0 Å². The molecule has 3 nitrogen and oxygen atoms in total. The summed E-state index contributed by atoms with van der Waals surface area (Å²) in [7, 11) is 0. The molecule has 0 amide bonds. The molecule has 1 aromatic heterocycles. The summed E-state index contributed by atoms with van der Waals surface area (Å²) in [5, 5.41) is 6.61. The van der Waals surface area contributed by atoms with Gasteiger partial charge in [0.05, 0.1) is 12.2 Å². The molecule has 3 heteroatoms. The highest BCUT2D eigenvalue weighted by Gasteiger charge is 1.95. The topological polar surface area (TPSA) is 37.0 Å². The van der Waals surface area contributed by atoms with Crippen LogP contribution in [0.25, 0.3) is 0 Å². The number of pyridine rings is 1. The zero-order valence-electron chi connectivity index (χ0n) is 9.98. The summed E-state index contributed by atoms with van der Waals surface area (Å²) in [5.74, 6) is 0. The number of nitrogens with zero attached hydrogens (tertiary/aromatic N) is 1. The Kier molecular flexibility index (Phi) is 3.97. The number of aromatic nitrogens is 1. The fourth-order valence-electron chi connectivity index (χ4n) is 1.61. The Labute approximate surface area is 102 Å². The molecule has 17 heavy (non-hydrogen) atoms. The second kappa shape index (κ2) is 5.89. The van der Waals surface area contributed by atoms with E-state index in [-0.39, 0.29) is 0 Å². The van der Waals surface area contributed by atoms with Crippen LogP contribution < -0.4 is 10.6 Å². The van der Waals surface area contributed by atoms with Crippen LogP contribution in [0.1, 0.15) is 12.6 Å². The van der Waals surface area contributed by atoms with E-state index in [0.29, 0.717) is 0 Å². The van der Waals surface area contributed by atoms with E-state index >= 15 is 0 Å². The van der Waals surface area contributed by atoms with Crippen molar-refractivity contribution in [1.29, 1.82) is 0 Å². The van der Waals surface area contributed by atoms with Gasteiger partial charge in [0.1, 0.15) is 0 Å². The lowest BCUT2D eigenvalue weighted by molar-refractivity contribution is 1.05. The summed E-state index contributed by atoms with van der Waals surface area (Å²) in [4.78, 5) is 4.27. The summed E-state index contributed by atoms with van der Waals surface area (Å²) in [6, 6.07) is 14.2. The molecule has 0 radical (unpaired) electrons. The SMILES string of the molecule is CCNc1ccc(NCc2ccccn2)cc1. The minimum absolute atomic E-state index is 0.751. The lowest BCUT2D eigenvalue weighted by Gasteiger charge is -2.07. The molecule has 0 aliphatic carbocycles. The molecular formula is C14H17N3. The van der Waals surface area contributed by atoms with E-state index in [0.717, 1.165) is 30.2 Å². The van der Waals surface area contributed by atoms with Gasteiger partial charge in [0.25, 0.3) is 0 Å². The first kappa shape index (κ1) is 11.5. The summed E-state index contributed by atoms with van der Waals surface area (Å²) >= 11 is 0. The van der Waals surface area contributed by atoms with Gasteiger partial charge >= 0.3 is 0 Å². The largest absolute Gasteiger partial charge is 0.385 e. The fourth-order valence-corrected chi connectivity index (χ4v) is 1.61. The first-order valence-corrected chi connectivity index (χ1v) is 5.86. The Bertz CT molecular complexity index is 437. The summed E-state index contributed by atoms with van der Waals surface area (Å²) in [5.41, 5.74) is 3.30. The van der Waals surface area contributed by atoms with Crippen molar-refractivity contribution in [3.63, 3.8) is 0 Å². The van der Waals surface area contributed by atoms with E-state index in [4.69, 9.17) is 0 Å². The smallest absolute Gasteiger partial charge is 0.0594 e. The molecule has 0 bridgehead atoms. The molecule has 0 aliphatic rings. The van der Waals surface area contributed by atoms with Crippen molar-refractivity contribution in [1.82, 2.24) is 4.98 Å². The molecule has 0 atom stereocenters. The molecule has 0 aliphatic heterocycles. The molecule has 1 aromatic carbocycles. The minimum Gasteiger partial charge on any atom is -0.385 e. The van der Waals surface area contributed by atoms with Gasteiger partial charge < -0.3 is 10.6 Å². The summed E-state index contributed by atoms with van der Waals surface area (Å²) in [6.07, 6.45) is 1.81. The van der Waals surface area contributed by atoms with Crippen molar-refractivity contribution in [3.05, 3.63) is 54.4 Å². The summed E-state index contributed by atoms with van der Waals surface area (Å²) in [6.45, 7) is 3.79. The number of benzene rings is 1. The van der Waals surface area contributed by atoms with Gasteiger partial charge in [-0.25, -0.2) is 0 Å². The van der Waals surface area contributed by atoms with Gasteiger partial charge in [-0.15, -0.1) is 0 Å². The normalized spacial score (nSPS) is 9.94. The van der Waals surface area contributed by atoms with E-state index in [9.17, 15) is 0 Å². The highest BCUT2D eigenvalue weighted by Crippen LogP contribution is 2.13. The lowest BCUT2D eigenvalue weighted by atomic mass is 10.2. The van der Waals surface area contributed by atoms with Crippen LogP contribution in [0.3, 0.4) is 0 Å². The van der Waals surface area contributed by atoms with E-state index in [2.05, 4.69) is 46.8 Å². The van der Waals surface area contributed by atoms with E-state index in [1.54, 1.807) is 0 Å². The van der Waals surface area contributed by atoms with Crippen molar-refractivity contribution in [2.45, 2.75) is 13.5 Å². The molecule has 88 valence electrons.